The third kappa shape index (κ3) is 2.71. The largest absolute Gasteiger partial charge is 0.506 e. The number of aromatic hydroxyl groups is 1. The smallest absolute Gasteiger partial charge is 0.160 e. The summed E-state index contributed by atoms with van der Waals surface area (Å²) in [6.45, 7) is 4.38. The Kier molecular flexibility index (Phi) is 3.53. The third-order valence-electron chi connectivity index (χ3n) is 3.39. The Morgan fingerprint density at radius 3 is 2.95 bits per heavy atom. The minimum absolute atomic E-state index is 0.0101. The standard InChI is InChI=1S/C15H17N5O/c1-10-6-7-13(21)12(17-10)9-16-11(2)15-19-18-14-5-3-4-8-20(14)15/h3-8,11,16,21H,9H2,1-2H3. The van der Waals surface area contributed by atoms with Gasteiger partial charge in [-0.15, -0.1) is 10.2 Å². The molecule has 6 nitrogen and oxygen atoms in total. The van der Waals surface area contributed by atoms with Gasteiger partial charge in [0.05, 0.1) is 11.7 Å². The molecule has 1 atom stereocenters. The van der Waals surface area contributed by atoms with Crippen LogP contribution in [0.25, 0.3) is 5.65 Å². The van der Waals surface area contributed by atoms with E-state index in [0.717, 1.165) is 17.2 Å². The quantitative estimate of drug-likeness (QED) is 0.766. The van der Waals surface area contributed by atoms with Crippen molar-refractivity contribution in [3.8, 4) is 5.75 Å². The van der Waals surface area contributed by atoms with Crippen LogP contribution in [0.15, 0.2) is 36.5 Å². The van der Waals surface area contributed by atoms with Gasteiger partial charge < -0.3 is 10.4 Å². The molecule has 3 aromatic rings. The van der Waals surface area contributed by atoms with Crippen LogP contribution in [0.2, 0.25) is 0 Å². The number of pyridine rings is 2. The minimum Gasteiger partial charge on any atom is -0.506 e. The second kappa shape index (κ2) is 5.49. The molecule has 0 bridgehead atoms. The van der Waals surface area contributed by atoms with Gasteiger partial charge in [0.2, 0.25) is 0 Å². The summed E-state index contributed by atoms with van der Waals surface area (Å²) in [7, 11) is 0. The molecule has 1 unspecified atom stereocenters. The molecule has 0 aliphatic heterocycles. The zero-order valence-corrected chi connectivity index (χ0v) is 12.0. The number of aromatic nitrogens is 4. The van der Waals surface area contributed by atoms with Crippen molar-refractivity contribution in [2.24, 2.45) is 0 Å². The molecule has 3 aromatic heterocycles. The zero-order valence-electron chi connectivity index (χ0n) is 12.0. The molecule has 0 saturated heterocycles. The fourth-order valence-corrected chi connectivity index (χ4v) is 2.23. The Hall–Kier alpha value is -2.47. The SMILES string of the molecule is Cc1ccc(O)c(CNC(C)c2nnc3ccccn23)n1. The first-order chi connectivity index (χ1) is 10.1. The molecule has 0 aromatic carbocycles. The summed E-state index contributed by atoms with van der Waals surface area (Å²) < 4.78 is 1.95. The van der Waals surface area contributed by atoms with Gasteiger partial charge in [-0.25, -0.2) is 0 Å². The number of rotatable bonds is 4. The van der Waals surface area contributed by atoms with Gasteiger partial charge in [0.1, 0.15) is 5.75 Å². The lowest BCUT2D eigenvalue weighted by atomic mass is 10.2. The number of fused-ring (bicyclic) bond motifs is 1. The van der Waals surface area contributed by atoms with Gasteiger partial charge in [-0.3, -0.25) is 9.38 Å². The van der Waals surface area contributed by atoms with E-state index in [1.165, 1.54) is 0 Å². The maximum absolute atomic E-state index is 9.81. The van der Waals surface area contributed by atoms with E-state index in [-0.39, 0.29) is 11.8 Å². The Bertz CT molecular complexity index is 768. The lowest BCUT2D eigenvalue weighted by molar-refractivity contribution is 0.451. The molecule has 0 fully saturated rings. The molecule has 0 aliphatic carbocycles. The van der Waals surface area contributed by atoms with E-state index in [1.807, 2.05) is 42.6 Å². The molecule has 6 heteroatoms. The Balaban J connectivity index is 1.77. The third-order valence-corrected chi connectivity index (χ3v) is 3.39. The van der Waals surface area contributed by atoms with Crippen molar-refractivity contribution in [3.63, 3.8) is 0 Å². The molecule has 21 heavy (non-hydrogen) atoms. The lowest BCUT2D eigenvalue weighted by Crippen LogP contribution is -2.21. The molecule has 108 valence electrons. The van der Waals surface area contributed by atoms with Crippen molar-refractivity contribution >= 4 is 5.65 Å². The topological polar surface area (TPSA) is 75.3 Å². The Morgan fingerprint density at radius 1 is 1.24 bits per heavy atom. The van der Waals surface area contributed by atoms with Gasteiger partial charge in [-0.2, -0.15) is 0 Å². The summed E-state index contributed by atoms with van der Waals surface area (Å²) in [6, 6.07) is 9.23. The zero-order chi connectivity index (χ0) is 14.8. The van der Waals surface area contributed by atoms with Crippen LogP contribution in [0.1, 0.15) is 30.2 Å². The monoisotopic (exact) mass is 283 g/mol. The van der Waals surface area contributed by atoms with E-state index >= 15 is 0 Å². The van der Waals surface area contributed by atoms with E-state index in [9.17, 15) is 5.11 Å². The van der Waals surface area contributed by atoms with Gasteiger partial charge in [-0.05, 0) is 38.1 Å². The van der Waals surface area contributed by atoms with Crippen LogP contribution >= 0.6 is 0 Å². The van der Waals surface area contributed by atoms with Crippen LogP contribution in [0.3, 0.4) is 0 Å². The number of nitrogens with zero attached hydrogens (tertiary/aromatic N) is 4. The van der Waals surface area contributed by atoms with Gasteiger partial charge in [-0.1, -0.05) is 6.07 Å². The van der Waals surface area contributed by atoms with Crippen molar-refractivity contribution in [2.45, 2.75) is 26.4 Å². The van der Waals surface area contributed by atoms with Gasteiger partial charge in [0.15, 0.2) is 11.5 Å². The first-order valence-electron chi connectivity index (χ1n) is 6.83. The van der Waals surface area contributed by atoms with Crippen LogP contribution in [0, 0.1) is 6.92 Å². The molecule has 0 aliphatic rings. The van der Waals surface area contributed by atoms with E-state index in [1.54, 1.807) is 12.1 Å². The predicted molar refractivity (Wildman–Crippen MR) is 78.9 cm³/mol. The molecule has 0 saturated carbocycles. The molecule has 0 radical (unpaired) electrons. The Labute approximate surface area is 122 Å². The highest BCUT2D eigenvalue weighted by atomic mass is 16.3. The molecule has 0 spiro atoms. The van der Waals surface area contributed by atoms with Crippen molar-refractivity contribution in [2.75, 3.05) is 0 Å². The minimum atomic E-state index is -0.0101. The highest BCUT2D eigenvalue weighted by Crippen LogP contribution is 2.17. The van der Waals surface area contributed by atoms with E-state index < -0.39 is 0 Å². The number of nitrogens with one attached hydrogen (secondary N) is 1. The van der Waals surface area contributed by atoms with Crippen molar-refractivity contribution < 1.29 is 5.11 Å². The predicted octanol–water partition coefficient (Wildman–Crippen LogP) is 1.99. The average molecular weight is 283 g/mol. The highest BCUT2D eigenvalue weighted by Gasteiger charge is 2.13. The summed E-state index contributed by atoms with van der Waals surface area (Å²) in [4.78, 5) is 4.33. The Morgan fingerprint density at radius 2 is 2.10 bits per heavy atom. The van der Waals surface area contributed by atoms with Crippen LogP contribution in [-0.4, -0.2) is 24.7 Å². The van der Waals surface area contributed by atoms with Gasteiger partial charge in [0.25, 0.3) is 0 Å². The second-order valence-corrected chi connectivity index (χ2v) is 5.01. The van der Waals surface area contributed by atoms with Crippen molar-refractivity contribution in [3.05, 3.63) is 53.7 Å². The lowest BCUT2D eigenvalue weighted by Gasteiger charge is -2.12. The second-order valence-electron chi connectivity index (χ2n) is 5.01. The van der Waals surface area contributed by atoms with Gasteiger partial charge in [0, 0.05) is 18.4 Å². The first kappa shape index (κ1) is 13.5. The van der Waals surface area contributed by atoms with Crippen molar-refractivity contribution in [1.29, 1.82) is 0 Å². The van der Waals surface area contributed by atoms with Crippen LogP contribution in [0.5, 0.6) is 5.75 Å². The van der Waals surface area contributed by atoms with E-state index in [4.69, 9.17) is 0 Å². The fraction of sp³-hybridized carbons (Fsp3) is 0.267. The summed E-state index contributed by atoms with van der Waals surface area (Å²) in [5, 5.41) is 21.5. The average Bonchev–Trinajstić information content (AvgIpc) is 2.92. The fourth-order valence-electron chi connectivity index (χ4n) is 2.23. The van der Waals surface area contributed by atoms with Crippen LogP contribution in [-0.2, 0) is 6.54 Å². The number of hydrogen-bond acceptors (Lipinski definition) is 5. The van der Waals surface area contributed by atoms with E-state index in [2.05, 4.69) is 20.5 Å². The van der Waals surface area contributed by atoms with Crippen LogP contribution in [0.4, 0.5) is 0 Å². The molecule has 2 N–H and O–H groups in total. The summed E-state index contributed by atoms with van der Waals surface area (Å²) >= 11 is 0. The number of aryl methyl sites for hydroxylation is 1. The molecular formula is C15H17N5O. The maximum Gasteiger partial charge on any atom is 0.160 e. The van der Waals surface area contributed by atoms with Crippen LogP contribution < -0.4 is 5.32 Å². The summed E-state index contributed by atoms with van der Waals surface area (Å²) in [5.41, 5.74) is 2.33. The molecule has 0 amide bonds. The van der Waals surface area contributed by atoms with Gasteiger partial charge >= 0.3 is 0 Å². The first-order valence-corrected chi connectivity index (χ1v) is 6.83. The normalized spacial score (nSPS) is 12.7. The van der Waals surface area contributed by atoms with Crippen molar-refractivity contribution in [1.82, 2.24) is 24.9 Å². The number of hydrogen-bond donors (Lipinski definition) is 2. The molecule has 3 heterocycles. The maximum atomic E-state index is 9.81. The summed E-state index contributed by atoms with van der Waals surface area (Å²) in [5.74, 6) is 1.03. The molecule has 3 rings (SSSR count). The molecular weight excluding hydrogens is 266 g/mol. The highest BCUT2D eigenvalue weighted by molar-refractivity contribution is 5.37. The van der Waals surface area contributed by atoms with E-state index in [0.29, 0.717) is 12.2 Å². The summed E-state index contributed by atoms with van der Waals surface area (Å²) in [6.07, 6.45) is 1.94.